The van der Waals surface area contributed by atoms with Crippen LogP contribution >= 0.6 is 0 Å². The smallest absolute Gasteiger partial charge is 0.335 e. The summed E-state index contributed by atoms with van der Waals surface area (Å²) in [6, 6.07) is 8.90. The van der Waals surface area contributed by atoms with Crippen molar-refractivity contribution in [2.24, 2.45) is 0 Å². The second-order valence-electron chi connectivity index (χ2n) is 4.26. The van der Waals surface area contributed by atoms with Crippen molar-refractivity contribution in [3.8, 4) is 0 Å². The number of carbonyl (C=O) groups is 1. The first kappa shape index (κ1) is 14.2. The van der Waals surface area contributed by atoms with Crippen molar-refractivity contribution >= 4 is 15.8 Å². The summed E-state index contributed by atoms with van der Waals surface area (Å²) in [5.41, 5.74) is 0.841. The van der Waals surface area contributed by atoms with Crippen LogP contribution in [0.25, 0.3) is 0 Å². The minimum absolute atomic E-state index is 0.0324. The summed E-state index contributed by atoms with van der Waals surface area (Å²) in [6.45, 7) is 0. The van der Waals surface area contributed by atoms with Crippen molar-refractivity contribution in [1.82, 2.24) is 4.98 Å². The van der Waals surface area contributed by atoms with Crippen LogP contribution in [0.4, 0.5) is 0 Å². The molecule has 0 saturated carbocycles. The van der Waals surface area contributed by atoms with Gasteiger partial charge < -0.3 is 5.11 Å². The van der Waals surface area contributed by atoms with E-state index in [-0.39, 0.29) is 16.2 Å². The van der Waals surface area contributed by atoms with E-state index >= 15 is 0 Å². The van der Waals surface area contributed by atoms with Gasteiger partial charge in [-0.1, -0.05) is 6.07 Å². The SMILES string of the molecule is O=C(O)c1cccc(S(=O)(=O)CCc2ccncc2)c1. The molecule has 0 fully saturated rings. The van der Waals surface area contributed by atoms with E-state index in [0.717, 1.165) is 5.56 Å². The van der Waals surface area contributed by atoms with Crippen molar-refractivity contribution in [3.05, 3.63) is 59.9 Å². The molecule has 2 rings (SSSR count). The highest BCUT2D eigenvalue weighted by atomic mass is 32.2. The number of carboxylic acid groups (broad SMARTS) is 1. The molecule has 0 aliphatic heterocycles. The largest absolute Gasteiger partial charge is 0.478 e. The average molecular weight is 291 g/mol. The van der Waals surface area contributed by atoms with E-state index in [0.29, 0.717) is 6.42 Å². The molecule has 0 unspecified atom stereocenters. The first-order valence-corrected chi connectivity index (χ1v) is 7.59. The predicted molar refractivity (Wildman–Crippen MR) is 73.4 cm³/mol. The van der Waals surface area contributed by atoms with Gasteiger partial charge in [-0.3, -0.25) is 4.98 Å². The zero-order valence-corrected chi connectivity index (χ0v) is 11.4. The second kappa shape index (κ2) is 5.83. The van der Waals surface area contributed by atoms with E-state index in [1.54, 1.807) is 24.5 Å². The van der Waals surface area contributed by atoms with Gasteiger partial charge in [0.05, 0.1) is 16.2 Å². The topological polar surface area (TPSA) is 84.3 Å². The number of hydrogen-bond donors (Lipinski definition) is 1. The maximum absolute atomic E-state index is 12.2. The van der Waals surface area contributed by atoms with Crippen LogP contribution in [0, 0.1) is 0 Å². The van der Waals surface area contributed by atoms with E-state index in [4.69, 9.17) is 5.11 Å². The lowest BCUT2D eigenvalue weighted by atomic mass is 10.2. The van der Waals surface area contributed by atoms with Gasteiger partial charge in [0.15, 0.2) is 9.84 Å². The van der Waals surface area contributed by atoms with Crippen LogP contribution in [0.3, 0.4) is 0 Å². The number of rotatable bonds is 5. The molecule has 0 aliphatic carbocycles. The monoisotopic (exact) mass is 291 g/mol. The van der Waals surface area contributed by atoms with Crippen LogP contribution in [0.5, 0.6) is 0 Å². The summed E-state index contributed by atoms with van der Waals surface area (Å²) in [5, 5.41) is 8.88. The quantitative estimate of drug-likeness (QED) is 0.908. The molecule has 1 aromatic heterocycles. The van der Waals surface area contributed by atoms with Crippen LogP contribution in [0.15, 0.2) is 53.7 Å². The molecule has 6 heteroatoms. The van der Waals surface area contributed by atoms with Crippen LogP contribution in [-0.2, 0) is 16.3 Å². The van der Waals surface area contributed by atoms with Crippen molar-refractivity contribution in [3.63, 3.8) is 0 Å². The highest BCUT2D eigenvalue weighted by molar-refractivity contribution is 7.91. The molecule has 0 atom stereocenters. The van der Waals surface area contributed by atoms with Gasteiger partial charge in [-0.2, -0.15) is 0 Å². The Labute approximate surface area is 116 Å². The molecular formula is C14H13NO4S. The van der Waals surface area contributed by atoms with Crippen molar-refractivity contribution in [2.45, 2.75) is 11.3 Å². The van der Waals surface area contributed by atoms with E-state index in [1.807, 2.05) is 0 Å². The minimum Gasteiger partial charge on any atom is -0.478 e. The Morgan fingerprint density at radius 3 is 2.50 bits per heavy atom. The van der Waals surface area contributed by atoms with Crippen LogP contribution in [0.1, 0.15) is 15.9 Å². The van der Waals surface area contributed by atoms with Gasteiger partial charge in [-0.15, -0.1) is 0 Å². The zero-order valence-electron chi connectivity index (χ0n) is 10.6. The number of benzene rings is 1. The number of pyridine rings is 1. The fraction of sp³-hybridized carbons (Fsp3) is 0.143. The molecule has 1 N–H and O–H groups in total. The van der Waals surface area contributed by atoms with Crippen molar-refractivity contribution < 1.29 is 18.3 Å². The Balaban J connectivity index is 2.18. The van der Waals surface area contributed by atoms with Crippen LogP contribution in [-0.4, -0.2) is 30.2 Å². The molecule has 0 bridgehead atoms. The average Bonchev–Trinajstić information content (AvgIpc) is 2.46. The summed E-state index contributed by atoms with van der Waals surface area (Å²) >= 11 is 0. The van der Waals surface area contributed by atoms with E-state index in [9.17, 15) is 13.2 Å². The molecule has 0 radical (unpaired) electrons. The van der Waals surface area contributed by atoms with Crippen molar-refractivity contribution in [2.75, 3.05) is 5.75 Å². The highest BCUT2D eigenvalue weighted by Gasteiger charge is 2.16. The van der Waals surface area contributed by atoms with E-state index in [1.165, 1.54) is 24.3 Å². The van der Waals surface area contributed by atoms with Gasteiger partial charge in [0.1, 0.15) is 0 Å². The first-order valence-electron chi connectivity index (χ1n) is 5.94. The van der Waals surface area contributed by atoms with Crippen molar-refractivity contribution in [1.29, 1.82) is 0 Å². The van der Waals surface area contributed by atoms with E-state index in [2.05, 4.69) is 4.98 Å². The summed E-state index contributed by atoms with van der Waals surface area (Å²) < 4.78 is 24.3. The van der Waals surface area contributed by atoms with Gasteiger partial charge in [0.2, 0.25) is 0 Å². The number of nitrogens with zero attached hydrogens (tertiary/aromatic N) is 1. The molecule has 1 aromatic carbocycles. The molecule has 104 valence electrons. The second-order valence-corrected chi connectivity index (χ2v) is 6.37. The Morgan fingerprint density at radius 2 is 1.85 bits per heavy atom. The fourth-order valence-corrected chi connectivity index (χ4v) is 3.07. The lowest BCUT2D eigenvalue weighted by Gasteiger charge is -2.05. The van der Waals surface area contributed by atoms with Gasteiger partial charge in [-0.25, -0.2) is 13.2 Å². The summed E-state index contributed by atoms with van der Waals surface area (Å²) in [6.07, 6.45) is 3.57. The Hall–Kier alpha value is -2.21. The molecule has 0 amide bonds. The van der Waals surface area contributed by atoms with Crippen LogP contribution in [0.2, 0.25) is 0 Å². The third-order valence-corrected chi connectivity index (χ3v) is 4.56. The number of aromatic carboxylic acids is 1. The molecule has 0 spiro atoms. The minimum atomic E-state index is -3.50. The summed E-state index contributed by atoms with van der Waals surface area (Å²) in [5.74, 6) is -1.21. The number of hydrogen-bond acceptors (Lipinski definition) is 4. The molecule has 2 aromatic rings. The molecule has 5 nitrogen and oxygen atoms in total. The third-order valence-electron chi connectivity index (χ3n) is 2.85. The third kappa shape index (κ3) is 3.42. The maximum atomic E-state index is 12.2. The lowest BCUT2D eigenvalue weighted by molar-refractivity contribution is 0.0696. The number of aromatic nitrogens is 1. The van der Waals surface area contributed by atoms with Gasteiger partial charge in [0, 0.05) is 12.4 Å². The normalized spacial score (nSPS) is 11.2. The Kier molecular flexibility index (Phi) is 4.14. The molecule has 1 heterocycles. The lowest BCUT2D eigenvalue weighted by Crippen LogP contribution is -2.10. The van der Waals surface area contributed by atoms with Gasteiger partial charge in [0.25, 0.3) is 0 Å². The summed E-state index contributed by atoms with van der Waals surface area (Å²) in [7, 11) is -3.50. The van der Waals surface area contributed by atoms with Gasteiger partial charge in [-0.05, 0) is 42.3 Å². The summed E-state index contributed by atoms with van der Waals surface area (Å²) in [4.78, 5) is 14.8. The molecular weight excluding hydrogens is 278 g/mol. The highest BCUT2D eigenvalue weighted by Crippen LogP contribution is 2.15. The zero-order chi connectivity index (χ0) is 14.6. The first-order chi connectivity index (χ1) is 9.49. The molecule has 0 saturated heterocycles. The number of sulfone groups is 1. The maximum Gasteiger partial charge on any atom is 0.335 e. The Bertz CT molecular complexity index is 711. The number of carboxylic acids is 1. The molecule has 20 heavy (non-hydrogen) atoms. The van der Waals surface area contributed by atoms with E-state index < -0.39 is 15.8 Å². The van der Waals surface area contributed by atoms with Crippen LogP contribution < -0.4 is 0 Å². The standard InChI is InChI=1S/C14H13NO4S/c16-14(17)12-2-1-3-13(10-12)20(18,19)9-6-11-4-7-15-8-5-11/h1-5,7-8,10H,6,9H2,(H,16,17). The molecule has 0 aliphatic rings. The predicted octanol–water partition coefficient (Wildman–Crippen LogP) is 1.80. The Morgan fingerprint density at radius 1 is 1.15 bits per heavy atom. The fourth-order valence-electron chi connectivity index (χ4n) is 1.74. The van der Waals surface area contributed by atoms with Gasteiger partial charge >= 0.3 is 5.97 Å². The number of aryl methyl sites for hydroxylation is 1.